The molecule has 1 aromatic heterocycles. The number of piperidine rings is 1. The van der Waals surface area contributed by atoms with Gasteiger partial charge in [-0.3, -0.25) is 4.79 Å². The Kier molecular flexibility index (Phi) is 5.65. The maximum atomic E-state index is 12.9. The van der Waals surface area contributed by atoms with Gasteiger partial charge in [0.2, 0.25) is 0 Å². The molecule has 1 amide bonds. The number of thiazole rings is 1. The van der Waals surface area contributed by atoms with Gasteiger partial charge in [-0.2, -0.15) is 0 Å². The second-order valence-corrected chi connectivity index (χ2v) is 7.40. The first-order chi connectivity index (χ1) is 12.0. The highest BCUT2D eigenvalue weighted by molar-refractivity contribution is 7.13. The molecule has 0 radical (unpaired) electrons. The largest absolute Gasteiger partial charge is 0.486 e. The van der Waals surface area contributed by atoms with E-state index in [4.69, 9.17) is 4.74 Å². The Morgan fingerprint density at radius 1 is 1.36 bits per heavy atom. The maximum Gasteiger partial charge on any atom is 0.263 e. The van der Waals surface area contributed by atoms with E-state index in [9.17, 15) is 9.18 Å². The van der Waals surface area contributed by atoms with E-state index < -0.39 is 0 Å². The maximum absolute atomic E-state index is 12.9. The van der Waals surface area contributed by atoms with E-state index in [1.807, 2.05) is 6.92 Å². The minimum absolute atomic E-state index is 0.0578. The number of nitrogens with zero attached hydrogens (tertiary/aromatic N) is 2. The Morgan fingerprint density at radius 2 is 2.04 bits per heavy atom. The van der Waals surface area contributed by atoms with Crippen molar-refractivity contribution in [1.82, 2.24) is 15.2 Å². The molecule has 0 unspecified atom stereocenters. The average molecular weight is 363 g/mol. The highest BCUT2D eigenvalue weighted by Crippen LogP contribution is 2.21. The number of likely N-dealkylation sites (tertiary alicyclic amines) is 1. The number of carbonyl (C=O) groups excluding carboxylic acids is 1. The van der Waals surface area contributed by atoms with E-state index >= 15 is 0 Å². The number of nitrogens with one attached hydrogen (secondary N) is 1. The highest BCUT2D eigenvalue weighted by Gasteiger charge is 2.22. The van der Waals surface area contributed by atoms with Crippen LogP contribution in [0.15, 0.2) is 24.3 Å². The van der Waals surface area contributed by atoms with Crippen molar-refractivity contribution >= 4 is 17.2 Å². The van der Waals surface area contributed by atoms with E-state index in [0.717, 1.165) is 30.9 Å². The van der Waals surface area contributed by atoms with E-state index in [0.29, 0.717) is 16.3 Å². The number of carbonyl (C=O) groups is 1. The fourth-order valence-electron chi connectivity index (χ4n) is 2.80. The summed E-state index contributed by atoms with van der Waals surface area (Å²) in [4.78, 5) is 19.8. The predicted molar refractivity (Wildman–Crippen MR) is 95.6 cm³/mol. The summed E-state index contributed by atoms with van der Waals surface area (Å²) in [6.45, 7) is 4.10. The first kappa shape index (κ1) is 17.8. The van der Waals surface area contributed by atoms with Crippen LogP contribution in [-0.4, -0.2) is 42.0 Å². The van der Waals surface area contributed by atoms with Crippen molar-refractivity contribution in [1.29, 1.82) is 0 Å². The summed E-state index contributed by atoms with van der Waals surface area (Å²) >= 11 is 1.35. The Bertz CT molecular complexity index is 724. The zero-order chi connectivity index (χ0) is 17.8. The van der Waals surface area contributed by atoms with Gasteiger partial charge in [0.25, 0.3) is 5.91 Å². The second kappa shape index (κ2) is 7.93. The molecule has 1 aliphatic heterocycles. The monoisotopic (exact) mass is 363 g/mol. The van der Waals surface area contributed by atoms with Gasteiger partial charge in [-0.25, -0.2) is 9.37 Å². The molecule has 0 saturated carbocycles. The molecular weight excluding hydrogens is 341 g/mol. The lowest BCUT2D eigenvalue weighted by atomic mass is 10.1. The van der Waals surface area contributed by atoms with E-state index in [-0.39, 0.29) is 24.4 Å². The average Bonchev–Trinajstić information content (AvgIpc) is 2.97. The fraction of sp³-hybridized carbons (Fsp3) is 0.444. The van der Waals surface area contributed by atoms with Crippen molar-refractivity contribution in [3.8, 4) is 5.75 Å². The minimum Gasteiger partial charge on any atom is -0.486 e. The molecule has 2 heterocycles. The van der Waals surface area contributed by atoms with Crippen LogP contribution in [0.2, 0.25) is 0 Å². The number of hydrogen-bond acceptors (Lipinski definition) is 5. The van der Waals surface area contributed by atoms with Gasteiger partial charge in [0, 0.05) is 6.04 Å². The number of amides is 1. The number of hydrogen-bond donors (Lipinski definition) is 1. The molecule has 134 valence electrons. The lowest BCUT2D eigenvalue weighted by Crippen LogP contribution is -2.43. The van der Waals surface area contributed by atoms with Crippen LogP contribution in [0.3, 0.4) is 0 Å². The molecule has 1 aliphatic rings. The number of aromatic nitrogens is 1. The minimum atomic E-state index is -0.301. The van der Waals surface area contributed by atoms with Gasteiger partial charge < -0.3 is 15.0 Å². The fourth-order valence-corrected chi connectivity index (χ4v) is 3.69. The van der Waals surface area contributed by atoms with Gasteiger partial charge >= 0.3 is 0 Å². The molecule has 5 nitrogen and oxygen atoms in total. The van der Waals surface area contributed by atoms with Crippen molar-refractivity contribution < 1.29 is 13.9 Å². The SMILES string of the molecule is Cc1nc(COc2ccc(F)cc2)sc1C(=O)NC1CCN(C)CC1. The number of rotatable bonds is 5. The van der Waals surface area contributed by atoms with Gasteiger partial charge in [0.05, 0.1) is 5.69 Å². The molecule has 1 fully saturated rings. The molecule has 0 aliphatic carbocycles. The van der Waals surface area contributed by atoms with Crippen molar-refractivity contribution in [3.63, 3.8) is 0 Å². The summed E-state index contributed by atoms with van der Waals surface area (Å²) in [6.07, 6.45) is 1.95. The first-order valence-electron chi connectivity index (χ1n) is 8.35. The quantitative estimate of drug-likeness (QED) is 0.887. The zero-order valence-corrected chi connectivity index (χ0v) is 15.2. The summed E-state index contributed by atoms with van der Waals surface area (Å²) in [6, 6.07) is 6.07. The van der Waals surface area contributed by atoms with Gasteiger partial charge in [0.1, 0.15) is 28.1 Å². The molecule has 1 aromatic carbocycles. The third-order valence-corrected chi connectivity index (χ3v) is 5.41. The highest BCUT2D eigenvalue weighted by atomic mass is 32.1. The van der Waals surface area contributed by atoms with Gasteiger partial charge in [-0.1, -0.05) is 0 Å². The molecule has 25 heavy (non-hydrogen) atoms. The third-order valence-electron chi connectivity index (χ3n) is 4.28. The van der Waals surface area contributed by atoms with Crippen LogP contribution in [0.1, 0.15) is 33.2 Å². The Morgan fingerprint density at radius 3 is 2.72 bits per heavy atom. The standard InChI is InChI=1S/C18H22FN3O2S/c1-12-17(18(23)21-14-7-9-22(2)10-8-14)25-16(20-12)11-24-15-5-3-13(19)4-6-15/h3-6,14H,7-11H2,1-2H3,(H,21,23). The van der Waals surface area contributed by atoms with Crippen LogP contribution in [-0.2, 0) is 6.61 Å². The van der Waals surface area contributed by atoms with Crippen LogP contribution in [0.5, 0.6) is 5.75 Å². The smallest absolute Gasteiger partial charge is 0.263 e. The van der Waals surface area contributed by atoms with Crippen LogP contribution in [0.25, 0.3) is 0 Å². The van der Waals surface area contributed by atoms with Gasteiger partial charge in [-0.05, 0) is 64.2 Å². The number of ether oxygens (including phenoxy) is 1. The summed E-state index contributed by atoms with van der Waals surface area (Å²) in [5.41, 5.74) is 0.716. The van der Waals surface area contributed by atoms with Crippen molar-refractivity contribution in [3.05, 3.63) is 45.7 Å². The molecule has 1 N–H and O–H groups in total. The normalized spacial score (nSPS) is 16.0. The Labute approximate surface area is 150 Å². The number of aryl methyl sites for hydroxylation is 1. The van der Waals surface area contributed by atoms with Crippen LogP contribution >= 0.6 is 11.3 Å². The molecule has 0 bridgehead atoms. The van der Waals surface area contributed by atoms with Crippen molar-refractivity contribution in [2.24, 2.45) is 0 Å². The summed E-state index contributed by atoms with van der Waals surface area (Å²) in [5.74, 6) is 0.217. The number of benzene rings is 1. The summed E-state index contributed by atoms with van der Waals surface area (Å²) in [5, 5.41) is 3.84. The topological polar surface area (TPSA) is 54.5 Å². The lowest BCUT2D eigenvalue weighted by Gasteiger charge is -2.29. The van der Waals surface area contributed by atoms with E-state index in [1.165, 1.54) is 23.5 Å². The zero-order valence-electron chi connectivity index (χ0n) is 14.4. The van der Waals surface area contributed by atoms with Crippen LogP contribution in [0, 0.1) is 12.7 Å². The Balaban J connectivity index is 1.57. The predicted octanol–water partition coefficient (Wildman–Crippen LogP) is 2.99. The summed E-state index contributed by atoms with van der Waals surface area (Å²) in [7, 11) is 2.10. The van der Waals surface area contributed by atoms with Gasteiger partial charge in [0.15, 0.2) is 0 Å². The van der Waals surface area contributed by atoms with Crippen molar-refractivity contribution in [2.75, 3.05) is 20.1 Å². The first-order valence-corrected chi connectivity index (χ1v) is 9.17. The van der Waals surface area contributed by atoms with Crippen molar-refractivity contribution in [2.45, 2.75) is 32.4 Å². The van der Waals surface area contributed by atoms with E-state index in [1.54, 1.807) is 12.1 Å². The number of halogens is 1. The molecule has 3 rings (SSSR count). The van der Waals surface area contributed by atoms with Gasteiger partial charge in [-0.15, -0.1) is 11.3 Å². The van der Waals surface area contributed by atoms with Crippen LogP contribution in [0.4, 0.5) is 4.39 Å². The molecular formula is C18H22FN3O2S. The third kappa shape index (κ3) is 4.76. The molecule has 0 spiro atoms. The molecule has 7 heteroatoms. The van der Waals surface area contributed by atoms with Crippen LogP contribution < -0.4 is 10.1 Å². The Hall–Kier alpha value is -1.99. The molecule has 1 saturated heterocycles. The molecule has 0 atom stereocenters. The molecule has 2 aromatic rings. The summed E-state index contributed by atoms with van der Waals surface area (Å²) < 4.78 is 18.5. The lowest BCUT2D eigenvalue weighted by molar-refractivity contribution is 0.0920. The van der Waals surface area contributed by atoms with E-state index in [2.05, 4.69) is 22.2 Å². The second-order valence-electron chi connectivity index (χ2n) is 6.32.